The quantitative estimate of drug-likeness (QED) is 0.477. The molecule has 56 valence electrons. The van der Waals surface area contributed by atoms with Crippen LogP contribution in [0.25, 0.3) is 0 Å². The van der Waals surface area contributed by atoms with Crippen LogP contribution in [-0.4, -0.2) is 23.3 Å². The fourth-order valence-corrected chi connectivity index (χ4v) is 1.97. The van der Waals surface area contributed by atoms with E-state index in [1.54, 1.807) is 0 Å². The summed E-state index contributed by atoms with van der Waals surface area (Å²) in [5.41, 5.74) is 0.0417. The summed E-state index contributed by atoms with van der Waals surface area (Å²) >= 11 is 0. The van der Waals surface area contributed by atoms with E-state index in [0.29, 0.717) is 0 Å². The van der Waals surface area contributed by atoms with Gasteiger partial charge in [0.15, 0.2) is 0 Å². The Morgan fingerprint density at radius 2 is 2.50 bits per heavy atom. The largest absolute Gasteiger partial charge is 0.387 e. The van der Waals surface area contributed by atoms with Gasteiger partial charge in [0.1, 0.15) is 0 Å². The second kappa shape index (κ2) is 2.07. The van der Waals surface area contributed by atoms with Gasteiger partial charge in [-0.15, -0.1) is 0 Å². The summed E-state index contributed by atoms with van der Waals surface area (Å²) in [5.74, 6) is 0. The van der Waals surface area contributed by atoms with Crippen molar-refractivity contribution in [1.82, 2.24) is 5.32 Å². The number of rotatable bonds is 0. The molecule has 1 aliphatic carbocycles. The summed E-state index contributed by atoms with van der Waals surface area (Å²) in [6.45, 7) is 1.07. The zero-order valence-corrected chi connectivity index (χ0v) is 6.01. The Balaban J connectivity index is 2.15. The van der Waals surface area contributed by atoms with Gasteiger partial charge in [0, 0.05) is 0 Å². The Morgan fingerprint density at radius 3 is 3.00 bits per heavy atom. The van der Waals surface area contributed by atoms with Crippen LogP contribution in [0.1, 0.15) is 19.3 Å². The molecule has 0 aromatic carbocycles. The SMILES string of the molecule is OC1C=CCC12CCCN2. The molecule has 1 fully saturated rings. The second-order valence-corrected chi connectivity index (χ2v) is 3.26. The maximum Gasteiger partial charge on any atom is 0.0905 e. The van der Waals surface area contributed by atoms with Crippen molar-refractivity contribution < 1.29 is 5.11 Å². The van der Waals surface area contributed by atoms with Crippen LogP contribution in [0.15, 0.2) is 12.2 Å². The van der Waals surface area contributed by atoms with Crippen molar-refractivity contribution in [3.8, 4) is 0 Å². The topological polar surface area (TPSA) is 32.3 Å². The van der Waals surface area contributed by atoms with Crippen LogP contribution < -0.4 is 5.32 Å². The smallest absolute Gasteiger partial charge is 0.0905 e. The third-order valence-corrected chi connectivity index (χ3v) is 2.64. The average Bonchev–Trinajstić information content (AvgIpc) is 2.48. The van der Waals surface area contributed by atoms with Crippen LogP contribution in [0.5, 0.6) is 0 Å². The number of aliphatic hydroxyl groups excluding tert-OH is 1. The minimum atomic E-state index is -0.241. The predicted molar refractivity (Wildman–Crippen MR) is 39.7 cm³/mol. The standard InChI is InChI=1S/C8H13NO/c10-7-3-1-4-8(7)5-2-6-9-8/h1,3,7,9-10H,2,4-6H2. The number of aliphatic hydroxyl groups is 1. The van der Waals surface area contributed by atoms with Crippen molar-refractivity contribution in [2.75, 3.05) is 6.54 Å². The molecule has 0 amide bonds. The fourth-order valence-electron chi connectivity index (χ4n) is 1.97. The lowest BCUT2D eigenvalue weighted by Gasteiger charge is -2.27. The predicted octanol–water partition coefficient (Wildman–Crippen LogP) is 0.429. The molecule has 0 saturated carbocycles. The summed E-state index contributed by atoms with van der Waals surface area (Å²) in [7, 11) is 0. The van der Waals surface area contributed by atoms with E-state index in [0.717, 1.165) is 19.4 Å². The minimum absolute atomic E-state index is 0.0417. The van der Waals surface area contributed by atoms with E-state index in [9.17, 15) is 5.11 Å². The van der Waals surface area contributed by atoms with E-state index >= 15 is 0 Å². The first-order valence-electron chi connectivity index (χ1n) is 3.93. The molecule has 2 unspecified atom stereocenters. The molecule has 10 heavy (non-hydrogen) atoms. The van der Waals surface area contributed by atoms with Gasteiger partial charge in [0.05, 0.1) is 11.6 Å². The number of hydrogen-bond acceptors (Lipinski definition) is 2. The Hall–Kier alpha value is -0.340. The molecule has 2 heteroatoms. The highest BCUT2D eigenvalue weighted by Crippen LogP contribution is 2.32. The van der Waals surface area contributed by atoms with Crippen molar-refractivity contribution in [3.63, 3.8) is 0 Å². The maximum atomic E-state index is 9.53. The average molecular weight is 139 g/mol. The fraction of sp³-hybridized carbons (Fsp3) is 0.750. The van der Waals surface area contributed by atoms with E-state index in [-0.39, 0.29) is 11.6 Å². The first kappa shape index (κ1) is 6.38. The minimum Gasteiger partial charge on any atom is -0.387 e. The van der Waals surface area contributed by atoms with Gasteiger partial charge in [-0.25, -0.2) is 0 Å². The molecule has 2 atom stereocenters. The molecule has 2 rings (SSSR count). The van der Waals surface area contributed by atoms with E-state index < -0.39 is 0 Å². The van der Waals surface area contributed by atoms with E-state index in [2.05, 4.69) is 11.4 Å². The zero-order chi connectivity index (χ0) is 7.03. The Morgan fingerprint density at radius 1 is 1.60 bits per heavy atom. The Labute approximate surface area is 60.9 Å². The molecule has 1 heterocycles. The molecular formula is C8H13NO. The molecule has 2 aliphatic rings. The molecule has 1 aliphatic heterocycles. The van der Waals surface area contributed by atoms with Gasteiger partial charge in [-0.05, 0) is 25.8 Å². The molecule has 0 bridgehead atoms. The van der Waals surface area contributed by atoms with Gasteiger partial charge >= 0.3 is 0 Å². The highest BCUT2D eigenvalue weighted by atomic mass is 16.3. The van der Waals surface area contributed by atoms with Crippen LogP contribution in [-0.2, 0) is 0 Å². The first-order chi connectivity index (χ1) is 4.83. The Bertz CT molecular complexity index is 159. The molecule has 2 nitrogen and oxygen atoms in total. The summed E-state index contributed by atoms with van der Waals surface area (Å²) in [5, 5.41) is 12.9. The van der Waals surface area contributed by atoms with E-state index in [1.807, 2.05) is 6.08 Å². The first-order valence-corrected chi connectivity index (χ1v) is 3.93. The van der Waals surface area contributed by atoms with E-state index in [1.165, 1.54) is 6.42 Å². The Kier molecular flexibility index (Phi) is 1.32. The lowest BCUT2D eigenvalue weighted by molar-refractivity contribution is 0.124. The van der Waals surface area contributed by atoms with E-state index in [4.69, 9.17) is 0 Å². The highest BCUT2D eigenvalue weighted by molar-refractivity contribution is 5.16. The van der Waals surface area contributed by atoms with Crippen molar-refractivity contribution in [1.29, 1.82) is 0 Å². The molecule has 1 spiro atoms. The normalized spacial score (nSPS) is 45.5. The van der Waals surface area contributed by atoms with Crippen molar-refractivity contribution >= 4 is 0 Å². The number of nitrogens with one attached hydrogen (secondary N) is 1. The molecule has 1 saturated heterocycles. The van der Waals surface area contributed by atoms with Gasteiger partial charge in [-0.2, -0.15) is 0 Å². The second-order valence-electron chi connectivity index (χ2n) is 3.26. The lowest BCUT2D eigenvalue weighted by Crippen LogP contribution is -2.46. The maximum absolute atomic E-state index is 9.53. The third-order valence-electron chi connectivity index (χ3n) is 2.64. The molecule has 0 aromatic rings. The summed E-state index contributed by atoms with van der Waals surface area (Å²) < 4.78 is 0. The van der Waals surface area contributed by atoms with Crippen LogP contribution in [0.4, 0.5) is 0 Å². The highest BCUT2D eigenvalue weighted by Gasteiger charge is 2.40. The van der Waals surface area contributed by atoms with Crippen LogP contribution >= 0.6 is 0 Å². The zero-order valence-electron chi connectivity index (χ0n) is 6.01. The molecular weight excluding hydrogens is 126 g/mol. The van der Waals surface area contributed by atoms with Crippen molar-refractivity contribution in [2.24, 2.45) is 0 Å². The summed E-state index contributed by atoms with van der Waals surface area (Å²) in [4.78, 5) is 0. The molecule has 0 radical (unpaired) electrons. The van der Waals surface area contributed by atoms with Gasteiger partial charge in [0.2, 0.25) is 0 Å². The van der Waals surface area contributed by atoms with Gasteiger partial charge in [-0.3, -0.25) is 0 Å². The van der Waals surface area contributed by atoms with Gasteiger partial charge in [-0.1, -0.05) is 12.2 Å². The van der Waals surface area contributed by atoms with Crippen LogP contribution in [0, 0.1) is 0 Å². The van der Waals surface area contributed by atoms with Crippen LogP contribution in [0.3, 0.4) is 0 Å². The number of hydrogen-bond donors (Lipinski definition) is 2. The summed E-state index contributed by atoms with van der Waals surface area (Å²) in [6.07, 6.45) is 7.07. The monoisotopic (exact) mass is 139 g/mol. The molecule has 0 aromatic heterocycles. The molecule has 2 N–H and O–H groups in total. The summed E-state index contributed by atoms with van der Waals surface area (Å²) in [6, 6.07) is 0. The van der Waals surface area contributed by atoms with Gasteiger partial charge in [0.25, 0.3) is 0 Å². The van der Waals surface area contributed by atoms with Crippen molar-refractivity contribution in [2.45, 2.75) is 30.9 Å². The van der Waals surface area contributed by atoms with Crippen LogP contribution in [0.2, 0.25) is 0 Å². The van der Waals surface area contributed by atoms with Gasteiger partial charge < -0.3 is 10.4 Å². The lowest BCUT2D eigenvalue weighted by atomic mass is 9.92. The van der Waals surface area contributed by atoms with Crippen molar-refractivity contribution in [3.05, 3.63) is 12.2 Å². The third kappa shape index (κ3) is 0.724.